The highest BCUT2D eigenvalue weighted by atomic mass is 16.6. The second-order valence-corrected chi connectivity index (χ2v) is 8.61. The molecule has 1 amide bonds. The Morgan fingerprint density at radius 3 is 2.50 bits per heavy atom. The van der Waals surface area contributed by atoms with E-state index in [1.807, 2.05) is 42.8 Å². The lowest BCUT2D eigenvalue weighted by Crippen LogP contribution is -2.49. The van der Waals surface area contributed by atoms with Gasteiger partial charge in [-0.05, 0) is 25.5 Å². The normalized spacial score (nSPS) is 14.2. The molecule has 3 aromatic rings. The zero-order valence-corrected chi connectivity index (χ0v) is 19.6. The molecule has 0 unspecified atom stereocenters. The first kappa shape index (κ1) is 23.4. The van der Waals surface area contributed by atoms with E-state index in [0.29, 0.717) is 19.6 Å². The standard InChI is InChI=1S/C25H30N6O3/c1-19-24(20(2)30(27-19)17-21-7-4-3-5-8-21)16-26-25(32)18-28-11-13-29(14-12-28)22-9-6-10-23(15-22)31(33)34/h3-10,15H,11-14,16-18H2,1-2H3,(H,26,32). The molecule has 1 saturated heterocycles. The zero-order valence-electron chi connectivity index (χ0n) is 19.6. The summed E-state index contributed by atoms with van der Waals surface area (Å²) < 4.78 is 1.99. The third-order valence-corrected chi connectivity index (χ3v) is 6.31. The Morgan fingerprint density at radius 1 is 1.06 bits per heavy atom. The van der Waals surface area contributed by atoms with Crippen LogP contribution in [-0.2, 0) is 17.9 Å². The number of aryl methyl sites for hydroxylation is 1. The summed E-state index contributed by atoms with van der Waals surface area (Å²) in [4.78, 5) is 27.5. The van der Waals surface area contributed by atoms with E-state index in [4.69, 9.17) is 0 Å². The lowest BCUT2D eigenvalue weighted by atomic mass is 10.2. The molecule has 0 radical (unpaired) electrons. The number of piperazine rings is 1. The van der Waals surface area contributed by atoms with E-state index < -0.39 is 0 Å². The number of benzene rings is 2. The number of nitro groups is 1. The number of hydrogen-bond acceptors (Lipinski definition) is 6. The molecule has 1 aliphatic rings. The molecule has 1 fully saturated rings. The topological polar surface area (TPSA) is 96.5 Å². The summed E-state index contributed by atoms with van der Waals surface area (Å²) in [6.45, 7) is 8.40. The Hall–Kier alpha value is -3.72. The summed E-state index contributed by atoms with van der Waals surface area (Å²) in [7, 11) is 0. The number of nitrogens with one attached hydrogen (secondary N) is 1. The number of aromatic nitrogens is 2. The summed E-state index contributed by atoms with van der Waals surface area (Å²) in [6, 6.07) is 16.9. The van der Waals surface area contributed by atoms with E-state index in [0.717, 1.165) is 48.8 Å². The van der Waals surface area contributed by atoms with Crippen LogP contribution in [0, 0.1) is 24.0 Å². The van der Waals surface area contributed by atoms with Crippen LogP contribution in [0.15, 0.2) is 54.6 Å². The largest absolute Gasteiger partial charge is 0.369 e. The number of nitrogens with zero attached hydrogens (tertiary/aromatic N) is 5. The van der Waals surface area contributed by atoms with E-state index in [-0.39, 0.29) is 16.5 Å². The van der Waals surface area contributed by atoms with Crippen molar-refractivity contribution in [3.63, 3.8) is 0 Å². The molecule has 4 rings (SSSR count). The molecular weight excluding hydrogens is 432 g/mol. The van der Waals surface area contributed by atoms with Gasteiger partial charge in [0.15, 0.2) is 0 Å². The Labute approximate surface area is 199 Å². The molecule has 0 atom stereocenters. The van der Waals surface area contributed by atoms with Crippen LogP contribution >= 0.6 is 0 Å². The maximum Gasteiger partial charge on any atom is 0.271 e. The predicted octanol–water partition coefficient (Wildman–Crippen LogP) is 2.89. The minimum Gasteiger partial charge on any atom is -0.369 e. The first-order valence-electron chi connectivity index (χ1n) is 11.5. The Kier molecular flexibility index (Phi) is 7.22. The SMILES string of the molecule is Cc1nn(Cc2ccccc2)c(C)c1CNC(=O)CN1CCN(c2cccc([N+](=O)[O-])c2)CC1. The van der Waals surface area contributed by atoms with Gasteiger partial charge in [0.25, 0.3) is 5.69 Å². The second kappa shape index (κ2) is 10.5. The number of nitro benzene ring substituents is 1. The Bertz CT molecular complexity index is 1150. The second-order valence-electron chi connectivity index (χ2n) is 8.61. The summed E-state index contributed by atoms with van der Waals surface area (Å²) in [6.07, 6.45) is 0. The third-order valence-electron chi connectivity index (χ3n) is 6.31. The van der Waals surface area contributed by atoms with Crippen LogP contribution in [0.2, 0.25) is 0 Å². The molecule has 1 N–H and O–H groups in total. The molecular formula is C25H30N6O3. The van der Waals surface area contributed by atoms with Gasteiger partial charge in [-0.2, -0.15) is 5.10 Å². The lowest BCUT2D eigenvalue weighted by molar-refractivity contribution is -0.384. The summed E-state index contributed by atoms with van der Waals surface area (Å²) >= 11 is 0. The van der Waals surface area contributed by atoms with E-state index in [9.17, 15) is 14.9 Å². The number of rotatable bonds is 8. The van der Waals surface area contributed by atoms with E-state index in [2.05, 4.69) is 32.3 Å². The monoisotopic (exact) mass is 462 g/mol. The van der Waals surface area contributed by atoms with E-state index >= 15 is 0 Å². The minimum absolute atomic E-state index is 0.0154. The van der Waals surface area contributed by atoms with Crippen molar-refractivity contribution in [3.05, 3.63) is 87.2 Å². The molecule has 34 heavy (non-hydrogen) atoms. The van der Waals surface area contributed by atoms with Gasteiger partial charge in [0.2, 0.25) is 5.91 Å². The first-order valence-corrected chi connectivity index (χ1v) is 11.5. The quantitative estimate of drug-likeness (QED) is 0.408. The molecule has 0 bridgehead atoms. The molecule has 178 valence electrons. The number of non-ortho nitro benzene ring substituents is 1. The summed E-state index contributed by atoms with van der Waals surface area (Å²) in [5, 5.41) is 18.7. The van der Waals surface area contributed by atoms with Gasteiger partial charge in [0.1, 0.15) is 0 Å². The molecule has 1 aromatic heterocycles. The fourth-order valence-corrected chi connectivity index (χ4v) is 4.31. The van der Waals surface area contributed by atoms with Crippen molar-refractivity contribution >= 4 is 17.3 Å². The number of carbonyl (C=O) groups is 1. The van der Waals surface area contributed by atoms with Crippen molar-refractivity contribution in [2.24, 2.45) is 0 Å². The van der Waals surface area contributed by atoms with Crippen LogP contribution in [-0.4, -0.2) is 58.2 Å². The highest BCUT2D eigenvalue weighted by Gasteiger charge is 2.21. The Balaban J connectivity index is 1.27. The fraction of sp³-hybridized carbons (Fsp3) is 0.360. The van der Waals surface area contributed by atoms with Gasteiger partial charge < -0.3 is 10.2 Å². The maximum absolute atomic E-state index is 12.6. The van der Waals surface area contributed by atoms with Crippen LogP contribution in [0.4, 0.5) is 11.4 Å². The van der Waals surface area contributed by atoms with Crippen molar-refractivity contribution in [1.82, 2.24) is 20.0 Å². The van der Waals surface area contributed by atoms with Crippen LogP contribution in [0.5, 0.6) is 0 Å². The molecule has 2 aromatic carbocycles. The summed E-state index contributed by atoms with van der Waals surface area (Å²) in [5.74, 6) is -0.0154. The van der Waals surface area contributed by atoms with E-state index in [1.54, 1.807) is 12.1 Å². The first-order chi connectivity index (χ1) is 16.4. The average molecular weight is 463 g/mol. The molecule has 2 heterocycles. The Morgan fingerprint density at radius 2 is 1.79 bits per heavy atom. The fourth-order valence-electron chi connectivity index (χ4n) is 4.31. The van der Waals surface area contributed by atoms with Gasteiger partial charge in [-0.15, -0.1) is 0 Å². The average Bonchev–Trinajstić information content (AvgIpc) is 3.11. The predicted molar refractivity (Wildman–Crippen MR) is 131 cm³/mol. The molecule has 9 nitrogen and oxygen atoms in total. The number of carbonyl (C=O) groups excluding carboxylic acids is 1. The van der Waals surface area contributed by atoms with Crippen LogP contribution in [0.25, 0.3) is 0 Å². The van der Waals surface area contributed by atoms with Crippen molar-refractivity contribution in [3.8, 4) is 0 Å². The van der Waals surface area contributed by atoms with Crippen LogP contribution in [0.3, 0.4) is 0 Å². The van der Waals surface area contributed by atoms with Gasteiger partial charge >= 0.3 is 0 Å². The lowest BCUT2D eigenvalue weighted by Gasteiger charge is -2.35. The van der Waals surface area contributed by atoms with Crippen molar-refractivity contribution in [2.45, 2.75) is 26.9 Å². The van der Waals surface area contributed by atoms with Gasteiger partial charge in [-0.25, -0.2) is 0 Å². The van der Waals surface area contributed by atoms with Gasteiger partial charge in [0.05, 0.1) is 23.7 Å². The van der Waals surface area contributed by atoms with Crippen LogP contribution in [0.1, 0.15) is 22.5 Å². The number of amides is 1. The molecule has 9 heteroatoms. The van der Waals surface area contributed by atoms with Gasteiger partial charge in [-0.3, -0.25) is 24.5 Å². The third kappa shape index (κ3) is 5.60. The number of anilines is 1. The highest BCUT2D eigenvalue weighted by Crippen LogP contribution is 2.22. The van der Waals surface area contributed by atoms with E-state index in [1.165, 1.54) is 11.6 Å². The zero-order chi connectivity index (χ0) is 24.1. The van der Waals surface area contributed by atoms with Crippen molar-refractivity contribution < 1.29 is 9.72 Å². The molecule has 0 spiro atoms. The van der Waals surface area contributed by atoms with Gasteiger partial charge in [0, 0.05) is 61.8 Å². The number of hydrogen-bond donors (Lipinski definition) is 1. The molecule has 0 saturated carbocycles. The maximum atomic E-state index is 12.6. The molecule has 1 aliphatic heterocycles. The van der Waals surface area contributed by atoms with Crippen molar-refractivity contribution in [2.75, 3.05) is 37.6 Å². The highest BCUT2D eigenvalue weighted by molar-refractivity contribution is 5.78. The summed E-state index contributed by atoms with van der Waals surface area (Å²) in [5.41, 5.74) is 5.17. The van der Waals surface area contributed by atoms with Crippen LogP contribution < -0.4 is 10.2 Å². The van der Waals surface area contributed by atoms with Crippen molar-refractivity contribution in [1.29, 1.82) is 0 Å². The minimum atomic E-state index is -0.376. The smallest absolute Gasteiger partial charge is 0.271 e. The van der Waals surface area contributed by atoms with Gasteiger partial charge in [-0.1, -0.05) is 36.4 Å². The molecule has 0 aliphatic carbocycles.